The van der Waals surface area contributed by atoms with Gasteiger partial charge in [0, 0.05) is 18.3 Å². The van der Waals surface area contributed by atoms with E-state index in [4.69, 9.17) is 0 Å². The van der Waals surface area contributed by atoms with Crippen LogP contribution in [0, 0.1) is 0 Å². The second kappa shape index (κ2) is 8.12. The first-order valence-electron chi connectivity index (χ1n) is 7.18. The highest BCUT2D eigenvalue weighted by molar-refractivity contribution is 7.91. The van der Waals surface area contributed by atoms with Crippen molar-refractivity contribution in [1.29, 1.82) is 0 Å². The summed E-state index contributed by atoms with van der Waals surface area (Å²) in [7, 11) is -0.861. The third kappa shape index (κ3) is 5.67. The van der Waals surface area contributed by atoms with Crippen LogP contribution in [-0.4, -0.2) is 57.5 Å². The third-order valence-corrected chi connectivity index (χ3v) is 5.52. The second-order valence-electron chi connectivity index (χ2n) is 5.23. The van der Waals surface area contributed by atoms with Gasteiger partial charge in [-0.2, -0.15) is 0 Å². The first kappa shape index (κ1) is 15.9. The van der Waals surface area contributed by atoms with Crippen LogP contribution in [-0.2, 0) is 9.84 Å². The zero-order chi connectivity index (χ0) is 13.4. The average Bonchev–Trinajstić information content (AvgIpc) is 2.35. The van der Waals surface area contributed by atoms with Gasteiger partial charge in [-0.3, -0.25) is 4.90 Å². The maximum atomic E-state index is 11.8. The van der Waals surface area contributed by atoms with Crippen LogP contribution in [0.25, 0.3) is 0 Å². The van der Waals surface area contributed by atoms with E-state index in [2.05, 4.69) is 10.2 Å². The highest BCUT2D eigenvalue weighted by atomic mass is 32.2. The average molecular weight is 276 g/mol. The molecule has 0 amide bonds. The Morgan fingerprint density at radius 3 is 2.72 bits per heavy atom. The summed E-state index contributed by atoms with van der Waals surface area (Å²) in [5, 5.41) is 3.18. The van der Waals surface area contributed by atoms with Crippen LogP contribution in [0.1, 0.15) is 39.0 Å². The van der Waals surface area contributed by atoms with Crippen molar-refractivity contribution in [3.63, 3.8) is 0 Å². The van der Waals surface area contributed by atoms with E-state index < -0.39 is 9.84 Å². The van der Waals surface area contributed by atoms with Crippen LogP contribution in [0.15, 0.2) is 0 Å². The SMILES string of the molecule is CCCS(=O)(=O)CCN1CCCCC1CCNC. The lowest BCUT2D eigenvalue weighted by atomic mass is 9.99. The number of nitrogens with one attached hydrogen (secondary N) is 1. The summed E-state index contributed by atoms with van der Waals surface area (Å²) in [5.74, 6) is 0.666. The maximum absolute atomic E-state index is 11.8. The summed E-state index contributed by atoms with van der Waals surface area (Å²) < 4.78 is 23.5. The van der Waals surface area contributed by atoms with Gasteiger partial charge in [0.2, 0.25) is 0 Å². The lowest BCUT2D eigenvalue weighted by Crippen LogP contribution is -2.43. The Hall–Kier alpha value is -0.130. The molecule has 0 spiro atoms. The Balaban J connectivity index is 2.42. The fraction of sp³-hybridized carbons (Fsp3) is 1.00. The van der Waals surface area contributed by atoms with Gasteiger partial charge in [0.15, 0.2) is 9.84 Å². The summed E-state index contributed by atoms with van der Waals surface area (Å²) in [6.07, 6.45) is 5.57. The smallest absolute Gasteiger partial charge is 0.151 e. The summed E-state index contributed by atoms with van der Waals surface area (Å²) in [5.41, 5.74) is 0. The summed E-state index contributed by atoms with van der Waals surface area (Å²) >= 11 is 0. The molecule has 1 fully saturated rings. The van der Waals surface area contributed by atoms with Gasteiger partial charge >= 0.3 is 0 Å². The quantitative estimate of drug-likeness (QED) is 0.725. The van der Waals surface area contributed by atoms with Gasteiger partial charge in [-0.05, 0) is 45.8 Å². The lowest BCUT2D eigenvalue weighted by Gasteiger charge is -2.35. The largest absolute Gasteiger partial charge is 0.320 e. The van der Waals surface area contributed by atoms with E-state index >= 15 is 0 Å². The highest BCUT2D eigenvalue weighted by Gasteiger charge is 2.23. The number of likely N-dealkylation sites (tertiary alicyclic amines) is 1. The topological polar surface area (TPSA) is 49.4 Å². The molecule has 0 bridgehead atoms. The predicted octanol–water partition coefficient (Wildman–Crippen LogP) is 1.28. The number of nitrogens with zero attached hydrogens (tertiary/aromatic N) is 1. The van der Waals surface area contributed by atoms with E-state index in [1.54, 1.807) is 0 Å². The molecule has 4 nitrogen and oxygen atoms in total. The minimum Gasteiger partial charge on any atom is -0.320 e. The fourth-order valence-corrected chi connectivity index (χ4v) is 4.00. The van der Waals surface area contributed by atoms with Crippen LogP contribution < -0.4 is 5.32 Å². The number of sulfone groups is 1. The lowest BCUT2D eigenvalue weighted by molar-refractivity contribution is 0.149. The molecule has 1 heterocycles. The van der Waals surface area contributed by atoms with Gasteiger partial charge in [-0.1, -0.05) is 13.3 Å². The number of piperidine rings is 1. The Kier molecular flexibility index (Phi) is 7.19. The number of hydrogen-bond donors (Lipinski definition) is 1. The molecule has 5 heteroatoms. The maximum Gasteiger partial charge on any atom is 0.151 e. The number of hydrogen-bond acceptors (Lipinski definition) is 4. The van der Waals surface area contributed by atoms with E-state index in [-0.39, 0.29) is 0 Å². The fourth-order valence-electron chi connectivity index (χ4n) is 2.66. The first-order valence-corrected chi connectivity index (χ1v) is 9.00. The Bertz CT molecular complexity index is 317. The Morgan fingerprint density at radius 2 is 2.06 bits per heavy atom. The molecule has 1 atom stereocenters. The molecule has 0 aromatic carbocycles. The molecule has 1 aliphatic heterocycles. The van der Waals surface area contributed by atoms with Gasteiger partial charge < -0.3 is 5.32 Å². The molecule has 1 rings (SSSR count). The summed E-state index contributed by atoms with van der Waals surface area (Å²) in [6.45, 7) is 4.73. The van der Waals surface area contributed by atoms with E-state index in [0.29, 0.717) is 17.5 Å². The molecular formula is C13H28N2O2S. The van der Waals surface area contributed by atoms with Crippen molar-refractivity contribution in [2.24, 2.45) is 0 Å². The molecule has 0 aromatic heterocycles. The van der Waals surface area contributed by atoms with Crippen molar-refractivity contribution in [3.8, 4) is 0 Å². The molecule has 0 aliphatic carbocycles. The monoisotopic (exact) mass is 276 g/mol. The molecule has 1 aliphatic rings. The first-order chi connectivity index (χ1) is 8.59. The molecule has 0 saturated carbocycles. The van der Waals surface area contributed by atoms with Crippen LogP contribution in [0.3, 0.4) is 0 Å². The number of rotatable bonds is 8. The molecule has 0 radical (unpaired) electrons. The molecule has 1 N–H and O–H groups in total. The Morgan fingerprint density at radius 1 is 1.28 bits per heavy atom. The molecular weight excluding hydrogens is 248 g/mol. The van der Waals surface area contributed by atoms with Crippen LogP contribution in [0.2, 0.25) is 0 Å². The zero-order valence-corrected chi connectivity index (χ0v) is 12.6. The van der Waals surface area contributed by atoms with E-state index in [9.17, 15) is 8.42 Å². The summed E-state index contributed by atoms with van der Waals surface area (Å²) in [6, 6.07) is 0.572. The molecule has 1 unspecified atom stereocenters. The van der Waals surface area contributed by atoms with Gasteiger partial charge in [0.25, 0.3) is 0 Å². The highest BCUT2D eigenvalue weighted by Crippen LogP contribution is 2.19. The van der Waals surface area contributed by atoms with Gasteiger partial charge in [-0.25, -0.2) is 8.42 Å². The van der Waals surface area contributed by atoms with Crippen molar-refractivity contribution in [3.05, 3.63) is 0 Å². The molecule has 108 valence electrons. The van der Waals surface area contributed by atoms with Gasteiger partial charge in [0.1, 0.15) is 0 Å². The van der Waals surface area contributed by atoms with Crippen LogP contribution in [0.5, 0.6) is 0 Å². The minimum atomic E-state index is -2.83. The Labute approximate surface area is 112 Å². The van der Waals surface area contributed by atoms with Gasteiger partial charge in [-0.15, -0.1) is 0 Å². The third-order valence-electron chi connectivity index (χ3n) is 3.68. The molecule has 1 saturated heterocycles. The minimum absolute atomic E-state index is 0.330. The standard InChI is InChI=1S/C13H28N2O2S/c1-3-11-18(16,17)12-10-15-9-5-4-6-13(15)7-8-14-2/h13-14H,3-12H2,1-2H3. The van der Waals surface area contributed by atoms with Crippen molar-refractivity contribution in [2.75, 3.05) is 38.2 Å². The molecule has 18 heavy (non-hydrogen) atoms. The normalized spacial score (nSPS) is 22.2. The van der Waals surface area contributed by atoms with Crippen molar-refractivity contribution >= 4 is 9.84 Å². The predicted molar refractivity (Wildman–Crippen MR) is 76.7 cm³/mol. The van der Waals surface area contributed by atoms with E-state index in [1.165, 1.54) is 19.3 Å². The van der Waals surface area contributed by atoms with Crippen LogP contribution in [0.4, 0.5) is 0 Å². The van der Waals surface area contributed by atoms with Crippen molar-refractivity contribution in [1.82, 2.24) is 10.2 Å². The van der Waals surface area contributed by atoms with E-state index in [0.717, 1.165) is 32.5 Å². The van der Waals surface area contributed by atoms with Crippen LogP contribution >= 0.6 is 0 Å². The van der Waals surface area contributed by atoms with E-state index in [1.807, 2.05) is 14.0 Å². The zero-order valence-electron chi connectivity index (χ0n) is 11.8. The van der Waals surface area contributed by atoms with Crippen molar-refractivity contribution < 1.29 is 8.42 Å². The van der Waals surface area contributed by atoms with Crippen molar-refractivity contribution in [2.45, 2.75) is 45.1 Å². The second-order valence-corrected chi connectivity index (χ2v) is 7.53. The van der Waals surface area contributed by atoms with Gasteiger partial charge in [0.05, 0.1) is 5.75 Å². The summed E-state index contributed by atoms with van der Waals surface area (Å²) in [4.78, 5) is 2.38. The molecule has 0 aromatic rings.